The summed E-state index contributed by atoms with van der Waals surface area (Å²) < 4.78 is 0. The third-order valence-corrected chi connectivity index (χ3v) is 11.0. The van der Waals surface area contributed by atoms with Crippen molar-refractivity contribution in [1.82, 2.24) is 0 Å². The molecule has 0 bridgehead atoms. The van der Waals surface area contributed by atoms with E-state index in [4.69, 9.17) is 15.3 Å². The molecule has 0 saturated heterocycles. The molecule has 1 atom stereocenters. The Bertz CT molecular complexity index is 827. The van der Waals surface area contributed by atoms with Crippen LogP contribution in [-0.2, 0) is 14.4 Å². The van der Waals surface area contributed by atoms with E-state index in [2.05, 4.69) is 57.2 Å². The Kier molecular flexibility index (Phi) is 67.4. The van der Waals surface area contributed by atoms with Crippen LogP contribution in [0.25, 0.3) is 0 Å². The molecule has 0 fully saturated rings. The van der Waals surface area contributed by atoms with Gasteiger partial charge in [-0.15, -0.1) is 0 Å². The first kappa shape index (κ1) is 65.8. The van der Waals surface area contributed by atoms with Crippen molar-refractivity contribution in [2.45, 2.75) is 290 Å². The molecule has 362 valence electrons. The van der Waals surface area contributed by atoms with Gasteiger partial charge in [0.05, 0.1) is 0 Å². The maximum absolute atomic E-state index is 10.3. The van der Waals surface area contributed by atoms with Gasteiger partial charge in [0.1, 0.15) is 0 Å². The summed E-state index contributed by atoms with van der Waals surface area (Å²) >= 11 is 0. The Hall–Kier alpha value is -1.81. The molecule has 0 aromatic rings. The first-order chi connectivity index (χ1) is 29.3. The van der Waals surface area contributed by atoms with Gasteiger partial charge in [-0.2, -0.15) is 0 Å². The van der Waals surface area contributed by atoms with Gasteiger partial charge >= 0.3 is 35.9 Å². The van der Waals surface area contributed by atoms with Crippen molar-refractivity contribution in [2.24, 2.45) is 0 Å². The van der Waals surface area contributed by atoms with Crippen LogP contribution in [0.1, 0.15) is 290 Å². The van der Waals surface area contributed by atoms with Crippen LogP contribution in [0.3, 0.4) is 0 Å². The van der Waals surface area contributed by atoms with Crippen LogP contribution in [0.15, 0.2) is 36.5 Å². The van der Waals surface area contributed by atoms with Gasteiger partial charge in [0.25, 0.3) is 0 Å². The zero-order valence-electron chi connectivity index (χ0n) is 40.9. The average molecular weight is 925 g/mol. The third kappa shape index (κ3) is 75.9. The third-order valence-electron chi connectivity index (χ3n) is 11.0. The number of unbranched alkanes of at least 4 members (excludes halogenated alkanes) is 33. The predicted molar refractivity (Wildman–Crippen MR) is 271 cm³/mol. The van der Waals surface area contributed by atoms with Gasteiger partial charge < -0.3 is 15.3 Å². The second-order valence-corrected chi connectivity index (χ2v) is 17.2. The molecule has 0 aromatic carbocycles. The van der Waals surface area contributed by atoms with Gasteiger partial charge in [-0.25, -0.2) is 0 Å². The van der Waals surface area contributed by atoms with Crippen molar-refractivity contribution < 1.29 is 29.7 Å². The molecule has 0 aromatic heterocycles. The van der Waals surface area contributed by atoms with Crippen molar-refractivity contribution in [3.05, 3.63) is 36.5 Å². The quantitative estimate of drug-likeness (QED) is 0.0319. The molecule has 0 rings (SSSR count). The molecule has 6 nitrogen and oxygen atoms in total. The molecule has 0 aliphatic heterocycles. The number of hydrogen-bond acceptors (Lipinski definition) is 3. The van der Waals surface area contributed by atoms with E-state index in [0.717, 1.165) is 38.5 Å². The van der Waals surface area contributed by atoms with Crippen LogP contribution < -0.4 is 0 Å². The van der Waals surface area contributed by atoms with Crippen molar-refractivity contribution in [2.75, 3.05) is 0 Å². The van der Waals surface area contributed by atoms with E-state index in [1.807, 2.05) is 0 Å². The van der Waals surface area contributed by atoms with Gasteiger partial charge in [-0.3, -0.25) is 14.4 Å². The van der Waals surface area contributed by atoms with E-state index in [1.54, 1.807) is 0 Å². The predicted octanol–water partition coefficient (Wildman–Crippen LogP) is 17.1. The van der Waals surface area contributed by atoms with Gasteiger partial charge in [0.15, 0.2) is 0 Å². The summed E-state index contributed by atoms with van der Waals surface area (Å²) in [5.74, 6) is -1.99. The van der Waals surface area contributed by atoms with Crippen molar-refractivity contribution in [1.29, 1.82) is 0 Å². The topological polar surface area (TPSA) is 112 Å². The molecular weight excluding hydrogens is 820 g/mol. The van der Waals surface area contributed by atoms with E-state index in [-0.39, 0.29) is 18.0 Å². The second kappa shape index (κ2) is 62.5. The molecule has 61 heavy (non-hydrogen) atoms. The fourth-order valence-corrected chi connectivity index (χ4v) is 7.04. The normalized spacial score (nSPS) is 11.1. The summed E-state index contributed by atoms with van der Waals surface area (Å²) in [4.78, 5) is 31.0. The van der Waals surface area contributed by atoms with Gasteiger partial charge in [0, 0.05) is 19.3 Å². The second-order valence-electron chi connectivity index (χ2n) is 17.2. The molecule has 0 aliphatic carbocycles. The zero-order chi connectivity index (χ0) is 44.7. The molecule has 0 heterocycles. The van der Waals surface area contributed by atoms with Crippen molar-refractivity contribution >= 4 is 35.9 Å². The van der Waals surface area contributed by atoms with Crippen LogP contribution in [-0.4, -0.2) is 51.2 Å². The molecule has 3 N–H and O–H groups in total. The molecule has 0 saturated carbocycles. The zero-order valence-corrected chi connectivity index (χ0v) is 43.9. The van der Waals surface area contributed by atoms with Gasteiger partial charge in [0.2, 0.25) is 0 Å². The van der Waals surface area contributed by atoms with Crippen molar-refractivity contribution in [3.63, 3.8) is 0 Å². The Morgan fingerprint density at radius 3 is 0.574 bits per heavy atom. The minimum atomic E-state index is -0.664. The first-order valence-corrected chi connectivity index (χ1v) is 25.9. The summed E-state index contributed by atoms with van der Waals surface area (Å²) in [5, 5.41) is 25.5. The Morgan fingerprint density at radius 2 is 0.410 bits per heavy atom. The van der Waals surface area contributed by atoms with E-state index < -0.39 is 17.9 Å². The Labute approximate surface area is 390 Å². The number of allylic oxidation sites excluding steroid dienone is 6. The summed E-state index contributed by atoms with van der Waals surface area (Å²) in [7, 11) is 0. The molecule has 1 unspecified atom stereocenters. The number of hydrogen-bond donors (Lipinski definition) is 3. The Balaban J connectivity index is -0.000000396. The van der Waals surface area contributed by atoms with E-state index in [0.29, 0.717) is 19.3 Å². The van der Waals surface area contributed by atoms with E-state index in [1.165, 1.54) is 212 Å². The van der Waals surface area contributed by atoms with Crippen LogP contribution >= 0.6 is 0 Å². The number of rotatable bonds is 45. The fraction of sp³-hybridized carbons (Fsp3) is 0.833. The molecule has 0 radical (unpaired) electrons. The molecule has 7 heteroatoms. The van der Waals surface area contributed by atoms with Gasteiger partial charge in [-0.05, 0) is 96.3 Å². The summed E-state index contributed by atoms with van der Waals surface area (Å²) in [6, 6.07) is 0. The van der Waals surface area contributed by atoms with Gasteiger partial charge in [-0.1, -0.05) is 211 Å². The van der Waals surface area contributed by atoms with Crippen LogP contribution in [0, 0.1) is 0 Å². The van der Waals surface area contributed by atoms with E-state index in [9.17, 15) is 14.4 Å². The molecule has 0 amide bonds. The minimum absolute atomic E-state index is 0. The molecular formula is C54H105AsO6. The fourth-order valence-electron chi connectivity index (χ4n) is 7.04. The SMILES string of the molecule is CCCCCCCC/C=C\CCCCCCCC(=O)O.CCCCCCCC/C=C\CCCCCCCC(=O)O.CCCCCCCC/C=C\CCCCCCCC(=O)O.[AsH3]. The number of carboxylic acids is 3. The number of aliphatic carboxylic acids is 3. The summed E-state index contributed by atoms with van der Waals surface area (Å²) in [5.41, 5.74) is 0. The molecule has 0 spiro atoms. The van der Waals surface area contributed by atoms with Crippen molar-refractivity contribution in [3.8, 4) is 0 Å². The Morgan fingerprint density at radius 1 is 0.262 bits per heavy atom. The standard InChI is InChI=1S/3C18H34O2.AsH3/c3*1-2-3-4-5-6-7-8-9-10-11-12-13-14-15-16-17-18(19)20;/h3*9-10H,2-8,11-17H2,1H3,(H,19,20);1H3/b3*10-9-;. The van der Waals surface area contributed by atoms with Crippen LogP contribution in [0.4, 0.5) is 0 Å². The maximum atomic E-state index is 10.3. The number of carbonyl (C=O) groups is 3. The molecule has 0 aliphatic rings. The van der Waals surface area contributed by atoms with Crippen LogP contribution in [0.5, 0.6) is 0 Å². The summed E-state index contributed by atoms with van der Waals surface area (Å²) in [6.45, 7) is 6.78. The van der Waals surface area contributed by atoms with E-state index >= 15 is 0 Å². The monoisotopic (exact) mass is 925 g/mol. The summed E-state index contributed by atoms with van der Waals surface area (Å²) in [6.07, 6.45) is 63.7. The van der Waals surface area contributed by atoms with Crippen LogP contribution in [0.2, 0.25) is 0 Å². The average Bonchev–Trinajstić information content (AvgIpc) is 3.22. The first-order valence-electron chi connectivity index (χ1n) is 25.9. The number of carboxylic acid groups (broad SMARTS) is 3.